The Bertz CT molecular complexity index is 3590. The minimum Gasteiger partial charge on any atom is -0.508 e. The lowest BCUT2D eigenvalue weighted by atomic mass is 10.0. The van der Waals surface area contributed by atoms with Crippen LogP contribution in [0.1, 0.15) is 141 Å². The molecule has 0 saturated heterocycles. The van der Waals surface area contributed by atoms with Gasteiger partial charge in [-0.25, -0.2) is 137 Å². The maximum atomic E-state index is 14.4. The van der Waals surface area contributed by atoms with Crippen molar-refractivity contribution >= 4 is 54.8 Å². The van der Waals surface area contributed by atoms with Gasteiger partial charge in [-0.15, -0.1) is 0 Å². The van der Waals surface area contributed by atoms with Crippen LogP contribution in [0.5, 0.6) is 5.75 Å². The number of benzene rings is 7. The molecule has 0 amide bonds. The first-order valence-corrected chi connectivity index (χ1v) is 34.5. The Labute approximate surface area is 569 Å². The maximum absolute atomic E-state index is 14.4. The summed E-state index contributed by atoms with van der Waals surface area (Å²) in [6.07, 6.45) is 26.7. The van der Waals surface area contributed by atoms with Gasteiger partial charge in [-0.1, -0.05) is 117 Å². The fourth-order valence-electron chi connectivity index (χ4n) is 10.9. The first kappa shape index (κ1) is 83.5. The number of nitrogens with one attached hydrogen (secondary N) is 1. The van der Waals surface area contributed by atoms with Crippen LogP contribution in [0.3, 0.4) is 0 Å². The van der Waals surface area contributed by atoms with E-state index in [9.17, 15) is 137 Å². The molecule has 2 N–H and O–H groups in total. The SMILES string of the molecule is CCCCCCCCCCCc1nc(-c2ccc(O)cc2)[nH]c1CCCCCCCCCCC.Fc1c(F)c(F)[c]([Al]([c]2c(F)c(F)c(F)c(F)c2F)[c]2c(F)c(F)c(F)c(F)c2F)c(F)c1F.Fc1c(F)c(F)[c]([Al]([c]2c(F)c(F)c(F)c(F)c2F)[c]2c(F)c(F)c(F)c(F)c2F)c(F)c1F. The summed E-state index contributed by atoms with van der Waals surface area (Å²) in [6.45, 7) is 4.57. The molecule has 8 aromatic rings. The molecule has 0 unspecified atom stereocenters. The number of hydrogen-bond donors (Lipinski definition) is 2. The summed E-state index contributed by atoms with van der Waals surface area (Å²) in [7, 11) is 0. The van der Waals surface area contributed by atoms with Gasteiger partial charge in [0.05, 0.1) is 5.69 Å². The van der Waals surface area contributed by atoms with Crippen molar-refractivity contribution in [3.63, 3.8) is 0 Å². The first-order chi connectivity index (χ1) is 48.1. The maximum Gasteiger partial charge on any atom is 0.413 e. The van der Waals surface area contributed by atoms with E-state index >= 15 is 0 Å². The van der Waals surface area contributed by atoms with E-state index in [0.29, 0.717) is 5.75 Å². The van der Waals surface area contributed by atoms with E-state index < -0.39 is 229 Å². The Hall–Kier alpha value is -7.49. The highest BCUT2D eigenvalue weighted by atomic mass is 27.2. The van der Waals surface area contributed by atoms with Gasteiger partial charge in [-0.3, -0.25) is 0 Å². The number of nitrogens with zero attached hydrogens (tertiary/aromatic N) is 1. The number of aromatic hydroxyl groups is 1. The largest absolute Gasteiger partial charge is 0.508 e. The molecular formula is C67H52Al2F30N2O. The van der Waals surface area contributed by atoms with Crippen molar-refractivity contribution in [2.75, 3.05) is 0 Å². The zero-order chi connectivity index (χ0) is 76.2. The Morgan fingerprint density at radius 2 is 0.441 bits per heavy atom. The van der Waals surface area contributed by atoms with Crippen LogP contribution < -0.4 is 26.6 Å². The summed E-state index contributed by atoms with van der Waals surface area (Å²) in [5.74, 6) is -87.9. The van der Waals surface area contributed by atoms with Gasteiger partial charge < -0.3 is 10.1 Å². The van der Waals surface area contributed by atoms with Crippen molar-refractivity contribution in [3.05, 3.63) is 210 Å². The van der Waals surface area contributed by atoms with Crippen LogP contribution in [-0.2, 0) is 12.8 Å². The molecule has 1 aromatic heterocycles. The lowest BCUT2D eigenvalue weighted by Gasteiger charge is -2.20. The van der Waals surface area contributed by atoms with Gasteiger partial charge in [0.15, 0.2) is 175 Å². The molecule has 0 radical (unpaired) electrons. The normalized spacial score (nSPS) is 11.4. The van der Waals surface area contributed by atoms with Crippen molar-refractivity contribution < 1.29 is 137 Å². The number of unbranched alkanes of at least 4 members (excludes halogenated alkanes) is 16. The molecule has 35 heteroatoms. The molecule has 0 aliphatic rings. The van der Waals surface area contributed by atoms with Crippen molar-refractivity contribution in [2.24, 2.45) is 0 Å². The number of halogens is 30. The van der Waals surface area contributed by atoms with Gasteiger partial charge in [-0.05, 0) is 76.5 Å². The number of imidazole rings is 1. The van der Waals surface area contributed by atoms with Crippen LogP contribution in [0, 0.1) is 175 Å². The van der Waals surface area contributed by atoms with E-state index in [4.69, 9.17) is 4.98 Å². The first-order valence-electron chi connectivity index (χ1n) is 31.0. The zero-order valence-corrected chi connectivity index (χ0v) is 55.1. The van der Waals surface area contributed by atoms with Crippen LogP contribution in [0.15, 0.2) is 24.3 Å². The van der Waals surface area contributed by atoms with Crippen molar-refractivity contribution in [3.8, 4) is 17.1 Å². The van der Waals surface area contributed by atoms with Gasteiger partial charge >= 0.3 is 28.3 Å². The summed E-state index contributed by atoms with van der Waals surface area (Å²) in [4.78, 5) is 8.63. The molecule has 1 heterocycles. The van der Waals surface area contributed by atoms with Crippen molar-refractivity contribution in [2.45, 2.75) is 142 Å². The molecule has 0 aliphatic carbocycles. The zero-order valence-electron chi connectivity index (χ0n) is 52.8. The van der Waals surface area contributed by atoms with E-state index in [0.717, 1.165) is 24.2 Å². The van der Waals surface area contributed by atoms with Crippen LogP contribution >= 0.6 is 0 Å². The number of phenolic OH excluding ortho intramolecular Hbond substituents is 1. The standard InChI is InChI=1S/C31H52N2O.6C6F5.2Al/c1-3-5-7-9-11-13-15-17-19-21-29-30(22-20-18-16-14-12-10-8-6-4-2)33-31(32-29)27-23-25-28(34)26-24-27;6*7-2-1-3(8)5(10)6(11)4(2)9;;/h23-26,34H,3-22H2,1-2H3,(H,32,33);;;;;;;;. The molecular weight excluding hydrogens is 1470 g/mol. The minimum atomic E-state index is -5.96. The summed E-state index contributed by atoms with van der Waals surface area (Å²) in [5.41, 5.74) is 3.67. The fourth-order valence-corrected chi connectivity index (χ4v) is 17.2. The number of phenols is 1. The molecule has 0 bridgehead atoms. The van der Waals surface area contributed by atoms with Gasteiger partial charge in [-0.2, -0.15) is 0 Å². The number of aromatic amines is 1. The number of hydrogen-bond acceptors (Lipinski definition) is 2. The van der Waals surface area contributed by atoms with Gasteiger partial charge in [0, 0.05) is 11.3 Å². The average Bonchev–Trinajstić information content (AvgIpc) is 0.803. The second kappa shape index (κ2) is 36.8. The van der Waals surface area contributed by atoms with Gasteiger partial charge in [0.2, 0.25) is 0 Å². The second-order valence-electron chi connectivity index (χ2n) is 23.0. The van der Waals surface area contributed by atoms with Crippen molar-refractivity contribution in [1.82, 2.24) is 9.97 Å². The monoisotopic (exact) mass is 1520 g/mol. The molecule has 3 nitrogen and oxygen atoms in total. The Morgan fingerprint density at radius 1 is 0.255 bits per heavy atom. The Morgan fingerprint density at radius 3 is 0.657 bits per heavy atom. The Kier molecular flexibility index (Phi) is 30.1. The third-order valence-corrected chi connectivity index (χ3v) is 22.8. The molecule has 7 aromatic carbocycles. The van der Waals surface area contributed by atoms with Crippen LogP contribution in [0.4, 0.5) is 132 Å². The topological polar surface area (TPSA) is 48.9 Å². The molecule has 0 spiro atoms. The molecule has 552 valence electrons. The Balaban J connectivity index is 0.000000241. The summed E-state index contributed by atoms with van der Waals surface area (Å²) in [5, 5.41) is 9.63. The van der Waals surface area contributed by atoms with Crippen LogP contribution in [0.2, 0.25) is 0 Å². The number of aromatic nitrogens is 2. The molecule has 0 fully saturated rings. The third kappa shape index (κ3) is 17.8. The lowest BCUT2D eigenvalue weighted by Crippen LogP contribution is -2.60. The van der Waals surface area contributed by atoms with Gasteiger partial charge in [0.1, 0.15) is 11.6 Å². The molecule has 8 rings (SSSR count). The lowest BCUT2D eigenvalue weighted by molar-refractivity contribution is 0.380. The molecule has 102 heavy (non-hydrogen) atoms. The average molecular weight is 1530 g/mol. The summed E-state index contributed by atoms with van der Waals surface area (Å²) < 4.78 is 403. The summed E-state index contributed by atoms with van der Waals surface area (Å²) in [6, 6.07) is 7.41. The van der Waals surface area contributed by atoms with Crippen molar-refractivity contribution in [1.29, 1.82) is 0 Å². The number of aryl methyl sites for hydroxylation is 2. The van der Waals surface area contributed by atoms with E-state index in [1.165, 1.54) is 127 Å². The highest BCUT2D eigenvalue weighted by Gasteiger charge is 2.49. The van der Waals surface area contributed by atoms with E-state index in [-0.39, 0.29) is 0 Å². The summed E-state index contributed by atoms with van der Waals surface area (Å²) >= 11 is -11.9. The highest BCUT2D eigenvalue weighted by Crippen LogP contribution is 2.29. The third-order valence-electron chi connectivity index (χ3n) is 16.2. The molecule has 0 saturated carbocycles. The second-order valence-corrected chi connectivity index (χ2v) is 28.2. The predicted octanol–water partition coefficient (Wildman–Crippen LogP) is 18.5. The quantitative estimate of drug-likeness (QED) is 0.0177. The minimum absolute atomic E-state index is 0.306. The predicted molar refractivity (Wildman–Crippen MR) is 314 cm³/mol. The highest BCUT2D eigenvalue weighted by molar-refractivity contribution is 6.96. The van der Waals surface area contributed by atoms with Crippen LogP contribution in [-0.4, -0.2) is 43.4 Å². The molecule has 0 aliphatic heterocycles. The van der Waals surface area contributed by atoms with Crippen LogP contribution in [0.25, 0.3) is 11.4 Å². The van der Waals surface area contributed by atoms with Gasteiger partial charge in [0.25, 0.3) is 0 Å². The fraction of sp³-hybridized carbons (Fsp3) is 0.328. The van der Waals surface area contributed by atoms with E-state index in [1.54, 1.807) is 12.1 Å². The number of H-pyrrole nitrogens is 1. The van der Waals surface area contributed by atoms with E-state index in [2.05, 4.69) is 18.8 Å². The molecule has 0 atom stereocenters. The smallest absolute Gasteiger partial charge is 0.413 e. The number of rotatable bonds is 27. The van der Waals surface area contributed by atoms with E-state index in [1.807, 2.05) is 12.1 Å².